The molecule has 2 heterocycles. The normalized spacial score (nSPS) is 22.8. The maximum Gasteiger partial charge on any atom is 0.237 e. The Bertz CT molecular complexity index is 504. The van der Waals surface area contributed by atoms with Crippen molar-refractivity contribution in [1.82, 2.24) is 15.2 Å². The molecule has 2 aliphatic rings. The number of nitrogens with zero attached hydrogens (tertiary/aromatic N) is 2. The van der Waals surface area contributed by atoms with Gasteiger partial charge in [-0.15, -0.1) is 11.3 Å². The molecule has 1 N–H and O–H groups in total. The quantitative estimate of drug-likeness (QED) is 0.905. The van der Waals surface area contributed by atoms with Crippen molar-refractivity contribution in [1.29, 1.82) is 0 Å². The number of thiazole rings is 1. The van der Waals surface area contributed by atoms with Gasteiger partial charge < -0.3 is 5.32 Å². The molecule has 5 heteroatoms. The van der Waals surface area contributed by atoms with E-state index in [0.717, 1.165) is 18.1 Å². The van der Waals surface area contributed by atoms with Crippen LogP contribution in [0.2, 0.25) is 0 Å². The molecule has 1 amide bonds. The summed E-state index contributed by atoms with van der Waals surface area (Å²) in [7, 11) is 0. The topological polar surface area (TPSA) is 45.2 Å². The largest absolute Gasteiger partial charge is 0.345 e. The highest BCUT2D eigenvalue weighted by Crippen LogP contribution is 2.42. The van der Waals surface area contributed by atoms with Crippen LogP contribution in [-0.4, -0.2) is 34.9 Å². The number of hydrogen-bond acceptors (Lipinski definition) is 4. The Hall–Kier alpha value is -0.940. The first kappa shape index (κ1) is 15.9. The van der Waals surface area contributed by atoms with E-state index in [1.807, 2.05) is 6.20 Å². The number of carbonyl (C=O) groups excluding carboxylic acids is 1. The number of hydrogen-bond donors (Lipinski definition) is 1. The van der Waals surface area contributed by atoms with Gasteiger partial charge in [0.15, 0.2) is 0 Å². The predicted molar refractivity (Wildman–Crippen MR) is 90.0 cm³/mol. The third-order valence-electron chi connectivity index (χ3n) is 4.86. The molecular formula is C17H27N3OS. The first-order valence-corrected chi connectivity index (χ1v) is 9.43. The molecule has 0 aromatic carbocycles. The fourth-order valence-electron chi connectivity index (χ4n) is 3.25. The van der Waals surface area contributed by atoms with Gasteiger partial charge in [0, 0.05) is 11.1 Å². The van der Waals surface area contributed by atoms with Crippen LogP contribution in [0.5, 0.6) is 0 Å². The van der Waals surface area contributed by atoms with Crippen molar-refractivity contribution in [3.05, 3.63) is 16.1 Å². The van der Waals surface area contributed by atoms with Crippen molar-refractivity contribution in [2.24, 2.45) is 5.92 Å². The van der Waals surface area contributed by atoms with Gasteiger partial charge in [0.1, 0.15) is 5.01 Å². The Morgan fingerprint density at radius 3 is 2.55 bits per heavy atom. The molecule has 0 bridgehead atoms. The third kappa shape index (κ3) is 3.87. The van der Waals surface area contributed by atoms with Gasteiger partial charge in [-0.2, -0.15) is 0 Å². The summed E-state index contributed by atoms with van der Waals surface area (Å²) in [6.07, 6.45) is 9.37. The average Bonchev–Trinajstić information content (AvgIpc) is 3.30. The number of carbonyl (C=O) groups is 1. The van der Waals surface area contributed by atoms with Crippen LogP contribution in [0.3, 0.4) is 0 Å². The highest BCUT2D eigenvalue weighted by Gasteiger charge is 2.36. The lowest BCUT2D eigenvalue weighted by atomic mass is 10.1. The van der Waals surface area contributed by atoms with Crippen LogP contribution in [0.25, 0.3) is 0 Å². The summed E-state index contributed by atoms with van der Waals surface area (Å²) in [6, 6.07) is 0.0982. The first-order chi connectivity index (χ1) is 10.6. The van der Waals surface area contributed by atoms with Gasteiger partial charge in [-0.3, -0.25) is 9.69 Å². The van der Waals surface area contributed by atoms with E-state index in [9.17, 15) is 4.79 Å². The fraction of sp³-hybridized carbons (Fsp3) is 0.765. The summed E-state index contributed by atoms with van der Waals surface area (Å²) in [5.41, 5.74) is 0. The lowest BCUT2D eigenvalue weighted by Gasteiger charge is -2.28. The standard InChI is InChI=1S/C17H27N3OS/c1-12-11-18-17(22-12)15(14-7-8-14)19-16(21)13(2)20-9-5-3-4-6-10-20/h11,13-15H,3-10H2,1-2H3,(H,19,21)/t13-,15+/m1/s1. The van der Waals surface area contributed by atoms with Gasteiger partial charge in [0.05, 0.1) is 12.1 Å². The van der Waals surface area contributed by atoms with Crippen molar-refractivity contribution in [2.45, 2.75) is 64.5 Å². The van der Waals surface area contributed by atoms with Crippen molar-refractivity contribution >= 4 is 17.2 Å². The summed E-state index contributed by atoms with van der Waals surface area (Å²) in [5.74, 6) is 0.762. The minimum atomic E-state index is -0.0274. The van der Waals surface area contributed by atoms with Gasteiger partial charge in [0.2, 0.25) is 5.91 Å². The minimum Gasteiger partial charge on any atom is -0.345 e. The molecule has 4 nitrogen and oxygen atoms in total. The van der Waals surface area contributed by atoms with Crippen molar-refractivity contribution in [3.63, 3.8) is 0 Å². The van der Waals surface area contributed by atoms with E-state index in [1.165, 1.54) is 43.4 Å². The predicted octanol–water partition coefficient (Wildman–Crippen LogP) is 3.28. The molecular weight excluding hydrogens is 294 g/mol. The molecule has 1 aliphatic carbocycles. The Morgan fingerprint density at radius 2 is 2.00 bits per heavy atom. The monoisotopic (exact) mass is 321 g/mol. The molecule has 0 spiro atoms. The van der Waals surface area contributed by atoms with Gasteiger partial charge in [-0.1, -0.05) is 12.8 Å². The van der Waals surface area contributed by atoms with Crippen LogP contribution in [0.15, 0.2) is 6.20 Å². The number of likely N-dealkylation sites (tertiary alicyclic amines) is 1. The summed E-state index contributed by atoms with van der Waals surface area (Å²) in [6.45, 7) is 6.24. The van der Waals surface area contributed by atoms with E-state index in [4.69, 9.17) is 0 Å². The molecule has 1 saturated carbocycles. The molecule has 1 aliphatic heterocycles. The minimum absolute atomic E-state index is 0.0274. The summed E-state index contributed by atoms with van der Waals surface area (Å²) in [5, 5.41) is 4.37. The van der Waals surface area contributed by atoms with Crippen molar-refractivity contribution in [2.75, 3.05) is 13.1 Å². The molecule has 22 heavy (non-hydrogen) atoms. The SMILES string of the molecule is Cc1cnc([C@@H](NC(=O)[C@@H](C)N2CCCCCC2)C2CC2)s1. The number of rotatable bonds is 5. The third-order valence-corrected chi connectivity index (χ3v) is 5.86. The molecule has 122 valence electrons. The van der Waals surface area contributed by atoms with Gasteiger partial charge in [0.25, 0.3) is 0 Å². The van der Waals surface area contributed by atoms with Crippen LogP contribution >= 0.6 is 11.3 Å². The second kappa shape index (κ2) is 7.09. The van der Waals surface area contributed by atoms with Crippen molar-refractivity contribution < 1.29 is 4.79 Å². The number of nitrogens with one attached hydrogen (secondary N) is 1. The van der Waals surface area contributed by atoms with E-state index >= 15 is 0 Å². The number of amides is 1. The van der Waals surface area contributed by atoms with Crippen LogP contribution in [-0.2, 0) is 4.79 Å². The summed E-state index contributed by atoms with van der Waals surface area (Å²) in [4.78, 5) is 20.8. The summed E-state index contributed by atoms with van der Waals surface area (Å²) < 4.78 is 0. The van der Waals surface area contributed by atoms with Crippen LogP contribution in [0, 0.1) is 12.8 Å². The van der Waals surface area contributed by atoms with E-state index in [-0.39, 0.29) is 18.0 Å². The molecule has 1 aromatic heterocycles. The Kier molecular flexibility index (Phi) is 5.14. The molecule has 2 atom stereocenters. The lowest BCUT2D eigenvalue weighted by Crippen LogP contribution is -2.46. The van der Waals surface area contributed by atoms with E-state index in [0.29, 0.717) is 5.92 Å². The average molecular weight is 321 g/mol. The van der Waals surface area contributed by atoms with Gasteiger partial charge in [-0.25, -0.2) is 4.98 Å². The van der Waals surface area contributed by atoms with E-state index in [1.54, 1.807) is 11.3 Å². The number of aromatic nitrogens is 1. The second-order valence-electron chi connectivity index (χ2n) is 6.76. The zero-order valence-electron chi connectivity index (χ0n) is 13.7. The Balaban J connectivity index is 1.63. The van der Waals surface area contributed by atoms with Crippen LogP contribution in [0.4, 0.5) is 0 Å². The second-order valence-corrected chi connectivity index (χ2v) is 8.03. The summed E-state index contributed by atoms with van der Waals surface area (Å²) >= 11 is 1.72. The highest BCUT2D eigenvalue weighted by atomic mass is 32.1. The first-order valence-electron chi connectivity index (χ1n) is 8.62. The highest BCUT2D eigenvalue weighted by molar-refractivity contribution is 7.11. The molecule has 0 unspecified atom stereocenters. The smallest absolute Gasteiger partial charge is 0.237 e. The fourth-order valence-corrected chi connectivity index (χ4v) is 4.17. The maximum atomic E-state index is 12.7. The maximum absolute atomic E-state index is 12.7. The molecule has 3 rings (SSSR count). The van der Waals surface area contributed by atoms with Gasteiger partial charge >= 0.3 is 0 Å². The van der Waals surface area contributed by atoms with Crippen LogP contribution in [0.1, 0.15) is 61.4 Å². The molecule has 1 saturated heterocycles. The Labute approximate surface area is 137 Å². The van der Waals surface area contributed by atoms with E-state index < -0.39 is 0 Å². The van der Waals surface area contributed by atoms with E-state index in [2.05, 4.69) is 29.0 Å². The van der Waals surface area contributed by atoms with Crippen molar-refractivity contribution in [3.8, 4) is 0 Å². The van der Waals surface area contributed by atoms with Gasteiger partial charge in [-0.05, 0) is 58.5 Å². The van der Waals surface area contributed by atoms with Crippen LogP contribution < -0.4 is 5.32 Å². The Morgan fingerprint density at radius 1 is 1.32 bits per heavy atom. The zero-order chi connectivity index (χ0) is 15.5. The lowest BCUT2D eigenvalue weighted by molar-refractivity contribution is -0.126. The zero-order valence-corrected chi connectivity index (χ0v) is 14.5. The number of aryl methyl sites for hydroxylation is 1. The molecule has 2 fully saturated rings. The molecule has 1 aromatic rings. The molecule has 0 radical (unpaired) electrons.